The Kier molecular flexibility index (Phi) is 3.93. The summed E-state index contributed by atoms with van der Waals surface area (Å²) in [6.45, 7) is 0. The molecule has 1 aromatic carbocycles. The summed E-state index contributed by atoms with van der Waals surface area (Å²) >= 11 is 0. The van der Waals surface area contributed by atoms with Crippen LogP contribution in [-0.4, -0.2) is 34.6 Å². The van der Waals surface area contributed by atoms with E-state index in [-0.39, 0.29) is 11.7 Å². The molecule has 2 rings (SSSR count). The lowest BCUT2D eigenvalue weighted by Gasteiger charge is -2.11. The van der Waals surface area contributed by atoms with Gasteiger partial charge in [-0.25, -0.2) is 0 Å². The summed E-state index contributed by atoms with van der Waals surface area (Å²) < 4.78 is 46.3. The first kappa shape index (κ1) is 14.3. The predicted molar refractivity (Wildman–Crippen MR) is 62.1 cm³/mol. The van der Waals surface area contributed by atoms with Crippen molar-refractivity contribution in [2.24, 2.45) is 0 Å². The minimum absolute atomic E-state index is 0.133. The van der Waals surface area contributed by atoms with Gasteiger partial charge >= 0.3 is 6.18 Å². The maximum atomic E-state index is 12.2. The van der Waals surface area contributed by atoms with Crippen molar-refractivity contribution in [1.29, 1.82) is 0 Å². The molecule has 1 N–H and O–H groups in total. The lowest BCUT2D eigenvalue weighted by Crippen LogP contribution is -2.30. The average Bonchev–Trinajstić information content (AvgIpc) is 2.86. The molecule has 0 bridgehead atoms. The van der Waals surface area contributed by atoms with Gasteiger partial charge in [-0.05, 0) is 12.1 Å². The Morgan fingerprint density at radius 1 is 1.40 bits per heavy atom. The SMILES string of the molecule is COc1cccc(-c2noc(CC(O)C(F)(F)F)n2)c1. The number of hydrogen-bond acceptors (Lipinski definition) is 5. The molecule has 0 aliphatic heterocycles. The number of aromatic nitrogens is 2. The molecule has 108 valence electrons. The van der Waals surface area contributed by atoms with Crippen LogP contribution < -0.4 is 4.74 Å². The van der Waals surface area contributed by atoms with Crippen molar-refractivity contribution in [3.05, 3.63) is 30.2 Å². The fourth-order valence-electron chi connectivity index (χ4n) is 1.50. The summed E-state index contributed by atoms with van der Waals surface area (Å²) in [5.41, 5.74) is 0.542. The van der Waals surface area contributed by atoms with Crippen LogP contribution in [0.2, 0.25) is 0 Å². The van der Waals surface area contributed by atoms with E-state index in [4.69, 9.17) is 14.4 Å². The van der Waals surface area contributed by atoms with Crippen LogP contribution in [0, 0.1) is 0 Å². The maximum absolute atomic E-state index is 12.2. The predicted octanol–water partition coefficient (Wildman–Crippen LogP) is 2.21. The summed E-state index contributed by atoms with van der Waals surface area (Å²) in [6.07, 6.45) is -8.02. The molecule has 0 saturated heterocycles. The smallest absolute Gasteiger partial charge is 0.414 e. The van der Waals surface area contributed by atoms with Crippen LogP contribution in [0.5, 0.6) is 5.75 Å². The number of aliphatic hydroxyl groups is 1. The van der Waals surface area contributed by atoms with Crippen molar-refractivity contribution in [1.82, 2.24) is 10.1 Å². The third kappa shape index (κ3) is 3.27. The Hall–Kier alpha value is -2.09. The van der Waals surface area contributed by atoms with Gasteiger partial charge < -0.3 is 14.4 Å². The van der Waals surface area contributed by atoms with Gasteiger partial charge in [0.05, 0.1) is 13.5 Å². The highest BCUT2D eigenvalue weighted by Gasteiger charge is 2.39. The molecule has 1 unspecified atom stereocenters. The number of nitrogens with zero attached hydrogens (tertiary/aromatic N) is 2. The zero-order valence-electron chi connectivity index (χ0n) is 10.4. The molecule has 0 spiro atoms. The third-order valence-corrected chi connectivity index (χ3v) is 2.54. The summed E-state index contributed by atoms with van der Waals surface area (Å²) in [5.74, 6) is 0.407. The number of benzene rings is 1. The highest BCUT2D eigenvalue weighted by Crippen LogP contribution is 2.24. The zero-order chi connectivity index (χ0) is 14.8. The second kappa shape index (κ2) is 5.49. The molecule has 1 aromatic heterocycles. The number of aliphatic hydroxyl groups excluding tert-OH is 1. The molecular formula is C12H11F3N2O3. The van der Waals surface area contributed by atoms with Gasteiger partial charge in [0.25, 0.3) is 0 Å². The fraction of sp³-hybridized carbons (Fsp3) is 0.333. The molecule has 2 aromatic rings. The van der Waals surface area contributed by atoms with E-state index in [0.29, 0.717) is 11.3 Å². The Morgan fingerprint density at radius 3 is 2.80 bits per heavy atom. The normalized spacial score (nSPS) is 13.2. The Balaban J connectivity index is 2.16. The van der Waals surface area contributed by atoms with Crippen LogP contribution in [0.4, 0.5) is 13.2 Å². The van der Waals surface area contributed by atoms with Crippen LogP contribution in [0.25, 0.3) is 11.4 Å². The number of alkyl halides is 3. The molecule has 0 radical (unpaired) electrons. The van der Waals surface area contributed by atoms with E-state index in [2.05, 4.69) is 10.1 Å². The minimum Gasteiger partial charge on any atom is -0.497 e. The Bertz CT molecular complexity index is 583. The molecule has 0 fully saturated rings. The lowest BCUT2D eigenvalue weighted by atomic mass is 10.2. The molecule has 0 aliphatic carbocycles. The Labute approximate surface area is 112 Å². The molecule has 0 amide bonds. The van der Waals surface area contributed by atoms with E-state index in [1.165, 1.54) is 7.11 Å². The second-order valence-electron chi connectivity index (χ2n) is 4.01. The third-order valence-electron chi connectivity index (χ3n) is 2.54. The second-order valence-corrected chi connectivity index (χ2v) is 4.01. The number of methoxy groups -OCH3 is 1. The lowest BCUT2D eigenvalue weighted by molar-refractivity contribution is -0.204. The van der Waals surface area contributed by atoms with E-state index in [0.717, 1.165) is 0 Å². The Morgan fingerprint density at radius 2 is 2.15 bits per heavy atom. The van der Waals surface area contributed by atoms with Gasteiger partial charge in [-0.1, -0.05) is 17.3 Å². The first-order chi connectivity index (χ1) is 9.40. The topological polar surface area (TPSA) is 68.4 Å². The van der Waals surface area contributed by atoms with Gasteiger partial charge in [0.15, 0.2) is 6.10 Å². The molecule has 5 nitrogen and oxygen atoms in total. The van der Waals surface area contributed by atoms with Crippen LogP contribution in [0.3, 0.4) is 0 Å². The van der Waals surface area contributed by atoms with Crippen molar-refractivity contribution < 1.29 is 27.5 Å². The maximum Gasteiger partial charge on any atom is 0.414 e. The molecule has 1 heterocycles. The van der Waals surface area contributed by atoms with E-state index in [1.54, 1.807) is 24.3 Å². The zero-order valence-corrected chi connectivity index (χ0v) is 10.4. The van der Waals surface area contributed by atoms with Gasteiger partial charge in [0.2, 0.25) is 11.7 Å². The van der Waals surface area contributed by atoms with E-state index in [9.17, 15) is 13.2 Å². The van der Waals surface area contributed by atoms with E-state index < -0.39 is 18.7 Å². The van der Waals surface area contributed by atoms with E-state index in [1.807, 2.05) is 0 Å². The monoisotopic (exact) mass is 288 g/mol. The first-order valence-corrected chi connectivity index (χ1v) is 5.62. The summed E-state index contributed by atoms with van der Waals surface area (Å²) in [7, 11) is 1.49. The number of ether oxygens (including phenoxy) is 1. The van der Waals surface area contributed by atoms with Crippen molar-refractivity contribution in [3.63, 3.8) is 0 Å². The summed E-state index contributed by atoms with van der Waals surface area (Å²) in [6, 6.07) is 6.68. The number of halogens is 3. The van der Waals surface area contributed by atoms with Gasteiger partial charge in [0, 0.05) is 5.56 Å². The van der Waals surface area contributed by atoms with Crippen LogP contribution >= 0.6 is 0 Å². The highest BCUT2D eigenvalue weighted by molar-refractivity contribution is 5.56. The van der Waals surface area contributed by atoms with Crippen molar-refractivity contribution in [3.8, 4) is 17.1 Å². The van der Waals surface area contributed by atoms with Crippen LogP contribution in [-0.2, 0) is 6.42 Å². The standard InChI is InChI=1S/C12H11F3N2O3/c1-19-8-4-2-3-7(5-8)11-16-10(20-17-11)6-9(18)12(13,14)15/h2-5,9,18H,6H2,1H3. The first-order valence-electron chi connectivity index (χ1n) is 5.62. The summed E-state index contributed by atoms with van der Waals surface area (Å²) in [5, 5.41) is 12.5. The van der Waals surface area contributed by atoms with Gasteiger partial charge in [-0.2, -0.15) is 18.2 Å². The largest absolute Gasteiger partial charge is 0.497 e. The fourth-order valence-corrected chi connectivity index (χ4v) is 1.50. The van der Waals surface area contributed by atoms with Crippen LogP contribution in [0.15, 0.2) is 28.8 Å². The number of hydrogen-bond donors (Lipinski definition) is 1. The molecule has 20 heavy (non-hydrogen) atoms. The van der Waals surface area contributed by atoms with Gasteiger partial charge in [-0.15, -0.1) is 0 Å². The van der Waals surface area contributed by atoms with Crippen molar-refractivity contribution >= 4 is 0 Å². The molecule has 0 aliphatic rings. The van der Waals surface area contributed by atoms with Crippen LogP contribution in [0.1, 0.15) is 5.89 Å². The molecular weight excluding hydrogens is 277 g/mol. The molecule has 8 heteroatoms. The van der Waals surface area contributed by atoms with Crippen molar-refractivity contribution in [2.45, 2.75) is 18.7 Å². The summed E-state index contributed by atoms with van der Waals surface area (Å²) in [4.78, 5) is 3.82. The van der Waals surface area contributed by atoms with Gasteiger partial charge in [-0.3, -0.25) is 0 Å². The minimum atomic E-state index is -4.72. The van der Waals surface area contributed by atoms with Gasteiger partial charge in [0.1, 0.15) is 5.75 Å². The van der Waals surface area contributed by atoms with E-state index >= 15 is 0 Å². The average molecular weight is 288 g/mol. The highest BCUT2D eigenvalue weighted by atomic mass is 19.4. The van der Waals surface area contributed by atoms with Crippen molar-refractivity contribution in [2.75, 3.05) is 7.11 Å². The number of rotatable bonds is 4. The quantitative estimate of drug-likeness (QED) is 0.934. The molecule has 0 saturated carbocycles. The molecule has 1 atom stereocenters.